The molecule has 25 heavy (non-hydrogen) atoms. The molecule has 1 aliphatic heterocycles. The van der Waals surface area contributed by atoms with Crippen molar-refractivity contribution in [3.8, 4) is 0 Å². The lowest BCUT2D eigenvalue weighted by Crippen LogP contribution is -2.50. The zero-order valence-corrected chi connectivity index (χ0v) is 15.0. The van der Waals surface area contributed by atoms with Crippen LogP contribution >= 0.6 is 0 Å². The Balaban J connectivity index is 1.76. The molecule has 5 heteroatoms. The first-order chi connectivity index (χ1) is 11.7. The molecular weight excluding hydrogens is 316 g/mol. The Bertz CT molecular complexity index is 920. The summed E-state index contributed by atoms with van der Waals surface area (Å²) in [5, 5.41) is 3.90. The predicted molar refractivity (Wildman–Crippen MR) is 95.1 cm³/mol. The number of para-hydroxylation sites is 1. The molecule has 2 bridgehead atoms. The number of benzene rings is 1. The zero-order chi connectivity index (χ0) is 18.0. The second-order valence-corrected chi connectivity index (χ2v) is 7.96. The van der Waals surface area contributed by atoms with Crippen molar-refractivity contribution in [3.05, 3.63) is 36.0 Å². The van der Waals surface area contributed by atoms with Gasteiger partial charge in [0.05, 0.1) is 16.6 Å². The summed E-state index contributed by atoms with van der Waals surface area (Å²) in [6.45, 7) is 7.72. The highest BCUT2D eigenvalue weighted by Gasteiger charge is 2.75. The van der Waals surface area contributed by atoms with Gasteiger partial charge in [0.15, 0.2) is 5.60 Å². The number of fused-ring (bicyclic) bond motifs is 3. The van der Waals surface area contributed by atoms with Gasteiger partial charge in [-0.15, -0.1) is 0 Å². The van der Waals surface area contributed by atoms with Crippen LogP contribution in [-0.4, -0.2) is 22.5 Å². The third kappa shape index (κ3) is 1.86. The summed E-state index contributed by atoms with van der Waals surface area (Å²) >= 11 is 0. The summed E-state index contributed by atoms with van der Waals surface area (Å²) in [6, 6.07) is 9.54. The number of nitrogens with one attached hydrogen (secondary N) is 1. The van der Waals surface area contributed by atoms with E-state index in [2.05, 4.69) is 10.3 Å². The largest absolute Gasteiger partial charge is 0.448 e. The standard InChI is InChI=1S/C20H22N2O3/c1-12-11-15(13-7-5-6-8-14(13)21-12)22-16(23)20-10-9-19(4,17(24)25-20)18(20,2)3/h5-8,11H,9-10H2,1-4H3,(H,21,22,23)/t19-,20+/m0/s1. The van der Waals surface area contributed by atoms with Gasteiger partial charge >= 0.3 is 5.97 Å². The van der Waals surface area contributed by atoms with Crippen LogP contribution in [0.5, 0.6) is 0 Å². The lowest BCUT2D eigenvalue weighted by molar-refractivity contribution is -0.165. The lowest BCUT2D eigenvalue weighted by atomic mass is 9.66. The van der Waals surface area contributed by atoms with Gasteiger partial charge < -0.3 is 10.1 Å². The third-order valence-electron chi connectivity index (χ3n) is 6.54. The van der Waals surface area contributed by atoms with Gasteiger partial charge in [0, 0.05) is 16.5 Å². The minimum Gasteiger partial charge on any atom is -0.448 e. The minimum absolute atomic E-state index is 0.247. The van der Waals surface area contributed by atoms with Gasteiger partial charge in [-0.3, -0.25) is 14.6 Å². The molecular formula is C20H22N2O3. The molecule has 2 fully saturated rings. The maximum Gasteiger partial charge on any atom is 0.313 e. The number of nitrogens with zero attached hydrogens (tertiary/aromatic N) is 1. The summed E-state index contributed by atoms with van der Waals surface area (Å²) in [4.78, 5) is 30.1. The van der Waals surface area contributed by atoms with Gasteiger partial charge in [0.2, 0.25) is 0 Å². The number of aryl methyl sites for hydroxylation is 1. The average molecular weight is 338 g/mol. The molecule has 1 amide bonds. The summed E-state index contributed by atoms with van der Waals surface area (Å²) in [7, 11) is 0. The summed E-state index contributed by atoms with van der Waals surface area (Å²) < 4.78 is 5.68. The average Bonchev–Trinajstić information content (AvgIpc) is 2.85. The van der Waals surface area contributed by atoms with E-state index in [4.69, 9.17) is 4.74 Å². The fraction of sp³-hybridized carbons (Fsp3) is 0.450. The second-order valence-electron chi connectivity index (χ2n) is 7.96. The number of amides is 1. The molecule has 1 aromatic carbocycles. The first-order valence-corrected chi connectivity index (χ1v) is 8.63. The van der Waals surface area contributed by atoms with Gasteiger partial charge in [0.1, 0.15) is 0 Å². The van der Waals surface area contributed by atoms with Crippen molar-refractivity contribution in [1.82, 2.24) is 4.98 Å². The van der Waals surface area contributed by atoms with Crippen LogP contribution in [0.4, 0.5) is 5.69 Å². The van der Waals surface area contributed by atoms with Gasteiger partial charge in [-0.2, -0.15) is 0 Å². The SMILES string of the molecule is Cc1cc(NC(=O)[C@@]23CC[C@@](C)(C(=O)O2)C3(C)C)c2ccccc2n1. The number of ether oxygens (including phenoxy) is 1. The summed E-state index contributed by atoms with van der Waals surface area (Å²) in [5.74, 6) is -0.516. The number of esters is 1. The van der Waals surface area contributed by atoms with E-state index in [1.165, 1.54) is 0 Å². The first-order valence-electron chi connectivity index (χ1n) is 8.63. The van der Waals surface area contributed by atoms with Crippen LogP contribution < -0.4 is 5.32 Å². The molecule has 1 saturated carbocycles. The Morgan fingerprint density at radius 2 is 1.92 bits per heavy atom. The highest BCUT2D eigenvalue weighted by Crippen LogP contribution is 2.65. The summed E-state index contributed by atoms with van der Waals surface area (Å²) in [6.07, 6.45) is 1.22. The number of carbonyl (C=O) groups is 2. The molecule has 2 atom stereocenters. The Morgan fingerprint density at radius 3 is 2.56 bits per heavy atom. The predicted octanol–water partition coefficient (Wildman–Crippen LogP) is 3.60. The minimum atomic E-state index is -1.11. The first kappa shape index (κ1) is 16.1. The highest BCUT2D eigenvalue weighted by atomic mass is 16.6. The lowest BCUT2D eigenvalue weighted by Gasteiger charge is -2.35. The molecule has 0 spiro atoms. The normalized spacial score (nSPS) is 29.7. The van der Waals surface area contributed by atoms with E-state index in [1.807, 2.05) is 58.0 Å². The smallest absolute Gasteiger partial charge is 0.313 e. The number of aromatic nitrogens is 1. The van der Waals surface area contributed by atoms with Crippen LogP contribution in [0, 0.1) is 17.8 Å². The number of carbonyl (C=O) groups excluding carboxylic acids is 2. The quantitative estimate of drug-likeness (QED) is 0.850. The number of hydrogen-bond acceptors (Lipinski definition) is 4. The van der Waals surface area contributed by atoms with E-state index >= 15 is 0 Å². The zero-order valence-electron chi connectivity index (χ0n) is 15.0. The molecule has 2 heterocycles. The van der Waals surface area contributed by atoms with Gasteiger partial charge in [-0.05, 0) is 38.8 Å². The van der Waals surface area contributed by atoms with Crippen LogP contribution in [0.2, 0.25) is 0 Å². The third-order valence-corrected chi connectivity index (χ3v) is 6.54. The van der Waals surface area contributed by atoms with Crippen molar-refractivity contribution in [1.29, 1.82) is 0 Å². The van der Waals surface area contributed by atoms with Gasteiger partial charge in [-0.1, -0.05) is 32.0 Å². The molecule has 1 N–H and O–H groups in total. The van der Waals surface area contributed by atoms with Crippen molar-refractivity contribution in [2.24, 2.45) is 10.8 Å². The number of rotatable bonds is 2. The number of pyridine rings is 1. The molecule has 5 nitrogen and oxygen atoms in total. The van der Waals surface area contributed by atoms with E-state index < -0.39 is 16.4 Å². The van der Waals surface area contributed by atoms with E-state index in [0.29, 0.717) is 18.5 Å². The number of hydrogen-bond donors (Lipinski definition) is 1. The maximum absolute atomic E-state index is 13.2. The molecule has 130 valence electrons. The van der Waals surface area contributed by atoms with Crippen molar-refractivity contribution in [2.75, 3.05) is 5.32 Å². The van der Waals surface area contributed by atoms with Crippen molar-refractivity contribution in [2.45, 2.75) is 46.1 Å². The van der Waals surface area contributed by atoms with E-state index in [9.17, 15) is 9.59 Å². The topological polar surface area (TPSA) is 68.3 Å². The van der Waals surface area contributed by atoms with Crippen LogP contribution in [0.25, 0.3) is 10.9 Å². The van der Waals surface area contributed by atoms with Crippen LogP contribution in [0.15, 0.2) is 30.3 Å². The Morgan fingerprint density at radius 1 is 1.20 bits per heavy atom. The van der Waals surface area contributed by atoms with Gasteiger partial charge in [-0.25, -0.2) is 0 Å². The van der Waals surface area contributed by atoms with Crippen molar-refractivity contribution >= 4 is 28.5 Å². The molecule has 1 aromatic heterocycles. The Kier molecular flexibility index (Phi) is 3.09. The second kappa shape index (κ2) is 4.81. The molecule has 2 aromatic rings. The van der Waals surface area contributed by atoms with E-state index in [0.717, 1.165) is 16.6 Å². The van der Waals surface area contributed by atoms with Crippen LogP contribution in [0.3, 0.4) is 0 Å². The molecule has 1 aliphatic carbocycles. The fourth-order valence-electron chi connectivity index (χ4n) is 4.38. The highest BCUT2D eigenvalue weighted by molar-refractivity contribution is 6.07. The molecule has 0 radical (unpaired) electrons. The molecule has 1 saturated heterocycles. The van der Waals surface area contributed by atoms with E-state index in [-0.39, 0.29) is 11.9 Å². The number of anilines is 1. The Hall–Kier alpha value is -2.43. The van der Waals surface area contributed by atoms with Crippen LogP contribution in [-0.2, 0) is 14.3 Å². The molecule has 4 rings (SSSR count). The van der Waals surface area contributed by atoms with Crippen molar-refractivity contribution in [3.63, 3.8) is 0 Å². The fourth-order valence-corrected chi connectivity index (χ4v) is 4.38. The molecule has 2 aliphatic rings. The van der Waals surface area contributed by atoms with Crippen molar-refractivity contribution < 1.29 is 14.3 Å². The monoisotopic (exact) mass is 338 g/mol. The van der Waals surface area contributed by atoms with Crippen LogP contribution in [0.1, 0.15) is 39.3 Å². The maximum atomic E-state index is 13.2. The van der Waals surface area contributed by atoms with E-state index in [1.54, 1.807) is 0 Å². The Labute approximate surface area is 146 Å². The molecule has 0 unspecified atom stereocenters. The van der Waals surface area contributed by atoms with Gasteiger partial charge in [0.25, 0.3) is 5.91 Å². The summed E-state index contributed by atoms with van der Waals surface area (Å²) in [5.41, 5.74) is 0.0750.